The smallest absolute Gasteiger partial charge is 0.264 e. The molecular formula is C16H18N2O3S. The Bertz CT molecular complexity index is 772. The molecule has 3 rings (SSSR count). The molecule has 116 valence electrons. The van der Waals surface area contributed by atoms with Crippen molar-refractivity contribution in [2.24, 2.45) is 0 Å². The molecule has 0 aliphatic carbocycles. The molecule has 5 nitrogen and oxygen atoms in total. The van der Waals surface area contributed by atoms with Crippen molar-refractivity contribution in [1.82, 2.24) is 4.98 Å². The van der Waals surface area contributed by atoms with Gasteiger partial charge in [0.1, 0.15) is 0 Å². The predicted molar refractivity (Wildman–Crippen MR) is 84.1 cm³/mol. The molecule has 22 heavy (non-hydrogen) atoms. The van der Waals surface area contributed by atoms with Gasteiger partial charge in [-0.2, -0.15) is 0 Å². The van der Waals surface area contributed by atoms with Crippen LogP contribution in [0.5, 0.6) is 0 Å². The zero-order valence-electron chi connectivity index (χ0n) is 12.3. The number of rotatable bonds is 2. The Balaban J connectivity index is 2.10. The summed E-state index contributed by atoms with van der Waals surface area (Å²) >= 11 is 0. The molecule has 0 bridgehead atoms. The summed E-state index contributed by atoms with van der Waals surface area (Å²) in [5.74, 6) is 0. The first-order valence-electron chi connectivity index (χ1n) is 7.22. The maximum atomic E-state index is 12.9. The zero-order valence-corrected chi connectivity index (χ0v) is 13.1. The van der Waals surface area contributed by atoms with Gasteiger partial charge in [-0.1, -0.05) is 17.7 Å². The first kappa shape index (κ1) is 15.0. The predicted octanol–water partition coefficient (Wildman–Crippen LogP) is 2.41. The Morgan fingerprint density at radius 2 is 1.95 bits per heavy atom. The van der Waals surface area contributed by atoms with Crippen LogP contribution in [0, 0.1) is 6.92 Å². The quantitative estimate of drug-likeness (QED) is 0.923. The molecule has 1 aromatic carbocycles. The van der Waals surface area contributed by atoms with Crippen LogP contribution in [-0.2, 0) is 10.0 Å². The number of benzene rings is 1. The van der Waals surface area contributed by atoms with E-state index in [-0.39, 0.29) is 4.90 Å². The summed E-state index contributed by atoms with van der Waals surface area (Å²) in [6.45, 7) is 2.25. The van der Waals surface area contributed by atoms with Crippen LogP contribution in [0.2, 0.25) is 0 Å². The summed E-state index contributed by atoms with van der Waals surface area (Å²) in [5, 5.41) is 10.1. The van der Waals surface area contributed by atoms with E-state index < -0.39 is 16.1 Å². The lowest BCUT2D eigenvalue weighted by Gasteiger charge is -2.24. The van der Waals surface area contributed by atoms with E-state index >= 15 is 0 Å². The van der Waals surface area contributed by atoms with Crippen molar-refractivity contribution in [3.05, 3.63) is 53.9 Å². The van der Waals surface area contributed by atoms with Gasteiger partial charge in [0, 0.05) is 12.7 Å². The highest BCUT2D eigenvalue weighted by molar-refractivity contribution is 7.92. The number of nitrogens with zero attached hydrogens (tertiary/aromatic N) is 2. The van der Waals surface area contributed by atoms with Gasteiger partial charge in [-0.25, -0.2) is 8.42 Å². The first-order valence-corrected chi connectivity index (χ1v) is 8.66. The monoisotopic (exact) mass is 318 g/mol. The number of aliphatic hydroxyl groups is 1. The fourth-order valence-corrected chi connectivity index (χ4v) is 4.17. The topological polar surface area (TPSA) is 70.5 Å². The Morgan fingerprint density at radius 1 is 1.23 bits per heavy atom. The number of aliphatic hydroxyl groups excluding tert-OH is 1. The number of sulfonamides is 1. The molecule has 1 atom stereocenters. The van der Waals surface area contributed by atoms with Gasteiger partial charge in [0.25, 0.3) is 10.0 Å². The van der Waals surface area contributed by atoms with Crippen LogP contribution in [0.25, 0.3) is 0 Å². The number of hydrogen-bond donors (Lipinski definition) is 1. The van der Waals surface area contributed by atoms with Gasteiger partial charge < -0.3 is 5.11 Å². The second-order valence-corrected chi connectivity index (χ2v) is 7.32. The van der Waals surface area contributed by atoms with Crippen LogP contribution in [0.3, 0.4) is 0 Å². The molecule has 0 radical (unpaired) electrons. The summed E-state index contributed by atoms with van der Waals surface area (Å²) in [6, 6.07) is 10.2. The van der Waals surface area contributed by atoms with Gasteiger partial charge in [-0.3, -0.25) is 9.29 Å². The third-order valence-corrected chi connectivity index (χ3v) is 5.68. The molecule has 0 saturated heterocycles. The van der Waals surface area contributed by atoms with E-state index in [0.717, 1.165) is 5.56 Å². The number of hydrogen-bond acceptors (Lipinski definition) is 4. The van der Waals surface area contributed by atoms with Crippen molar-refractivity contribution >= 4 is 15.7 Å². The van der Waals surface area contributed by atoms with Crippen LogP contribution in [-0.4, -0.2) is 25.1 Å². The van der Waals surface area contributed by atoms with Gasteiger partial charge in [0.2, 0.25) is 0 Å². The van der Waals surface area contributed by atoms with E-state index in [0.29, 0.717) is 30.8 Å². The third-order valence-electron chi connectivity index (χ3n) is 3.85. The lowest BCUT2D eigenvalue weighted by atomic mass is 10.1. The highest BCUT2D eigenvalue weighted by Gasteiger charge is 2.31. The number of aryl methyl sites for hydroxylation is 1. The standard InChI is InChI=1S/C16H18N2O3S/c1-12-6-8-13(9-7-12)22(20,21)18-11-3-5-15(19)16-14(18)4-2-10-17-16/h2,4,6-10,15,19H,3,5,11H2,1H3. The average molecular weight is 318 g/mol. The van der Waals surface area contributed by atoms with Gasteiger partial charge in [0.15, 0.2) is 0 Å². The van der Waals surface area contributed by atoms with Gasteiger partial charge in [0.05, 0.1) is 22.4 Å². The van der Waals surface area contributed by atoms with Crippen LogP contribution >= 0.6 is 0 Å². The van der Waals surface area contributed by atoms with E-state index in [1.807, 2.05) is 6.92 Å². The fraction of sp³-hybridized carbons (Fsp3) is 0.312. The average Bonchev–Trinajstić information content (AvgIpc) is 2.68. The van der Waals surface area contributed by atoms with Crippen molar-refractivity contribution in [3.63, 3.8) is 0 Å². The third kappa shape index (κ3) is 2.60. The van der Waals surface area contributed by atoms with E-state index in [9.17, 15) is 13.5 Å². The molecule has 6 heteroatoms. The number of pyridine rings is 1. The second kappa shape index (κ2) is 5.70. The fourth-order valence-electron chi connectivity index (χ4n) is 2.65. The van der Waals surface area contributed by atoms with E-state index in [1.165, 1.54) is 4.31 Å². The Labute approximate surface area is 130 Å². The molecule has 0 spiro atoms. The minimum absolute atomic E-state index is 0.254. The Hall–Kier alpha value is -1.92. The van der Waals surface area contributed by atoms with Crippen molar-refractivity contribution < 1.29 is 13.5 Å². The minimum atomic E-state index is -3.66. The van der Waals surface area contributed by atoms with Crippen LogP contribution < -0.4 is 4.31 Å². The van der Waals surface area contributed by atoms with Gasteiger partial charge >= 0.3 is 0 Å². The number of fused-ring (bicyclic) bond motifs is 1. The van der Waals surface area contributed by atoms with E-state index in [4.69, 9.17) is 0 Å². The molecule has 1 unspecified atom stereocenters. The minimum Gasteiger partial charge on any atom is -0.387 e. The second-order valence-electron chi connectivity index (χ2n) is 5.46. The summed E-state index contributed by atoms with van der Waals surface area (Å²) in [4.78, 5) is 4.43. The lowest BCUT2D eigenvalue weighted by molar-refractivity contribution is 0.164. The largest absolute Gasteiger partial charge is 0.387 e. The molecule has 0 amide bonds. The van der Waals surface area contributed by atoms with Gasteiger partial charge in [-0.15, -0.1) is 0 Å². The summed E-state index contributed by atoms with van der Waals surface area (Å²) in [6.07, 6.45) is 1.94. The number of anilines is 1. The van der Waals surface area contributed by atoms with Crippen LogP contribution in [0.4, 0.5) is 5.69 Å². The molecular weight excluding hydrogens is 300 g/mol. The van der Waals surface area contributed by atoms with Crippen molar-refractivity contribution in [2.45, 2.75) is 30.8 Å². The maximum Gasteiger partial charge on any atom is 0.264 e. The summed E-state index contributed by atoms with van der Waals surface area (Å²) in [5.41, 5.74) is 1.90. The molecule has 1 aliphatic heterocycles. The molecule has 1 N–H and O–H groups in total. The summed E-state index contributed by atoms with van der Waals surface area (Å²) < 4.78 is 27.2. The maximum absolute atomic E-state index is 12.9. The first-order chi connectivity index (χ1) is 10.5. The van der Waals surface area contributed by atoms with Crippen LogP contribution in [0.15, 0.2) is 47.5 Å². The normalized spacial score (nSPS) is 18.6. The highest BCUT2D eigenvalue weighted by Crippen LogP contribution is 2.34. The van der Waals surface area contributed by atoms with Crippen molar-refractivity contribution in [3.8, 4) is 0 Å². The lowest BCUT2D eigenvalue weighted by Crippen LogP contribution is -2.32. The molecule has 2 aromatic rings. The summed E-state index contributed by atoms with van der Waals surface area (Å²) in [7, 11) is -3.66. The highest BCUT2D eigenvalue weighted by atomic mass is 32.2. The van der Waals surface area contributed by atoms with Gasteiger partial charge in [-0.05, 0) is 44.0 Å². The SMILES string of the molecule is Cc1ccc(S(=O)(=O)N2CCCC(O)c3ncccc32)cc1. The molecule has 0 saturated carbocycles. The van der Waals surface area contributed by atoms with Crippen molar-refractivity contribution in [2.75, 3.05) is 10.8 Å². The Kier molecular flexibility index (Phi) is 3.88. The molecule has 1 aromatic heterocycles. The van der Waals surface area contributed by atoms with Crippen LogP contribution in [0.1, 0.15) is 30.2 Å². The van der Waals surface area contributed by atoms with Crippen molar-refractivity contribution in [1.29, 1.82) is 0 Å². The molecule has 1 aliphatic rings. The molecule has 0 fully saturated rings. The van der Waals surface area contributed by atoms with E-state index in [1.54, 1.807) is 42.6 Å². The van der Waals surface area contributed by atoms with E-state index in [2.05, 4.69) is 4.98 Å². The Morgan fingerprint density at radius 3 is 2.68 bits per heavy atom. The zero-order chi connectivity index (χ0) is 15.7. The number of aromatic nitrogens is 1. The molecule has 2 heterocycles.